The summed E-state index contributed by atoms with van der Waals surface area (Å²) in [7, 11) is 0. The summed E-state index contributed by atoms with van der Waals surface area (Å²) in [6.45, 7) is 0. The van der Waals surface area contributed by atoms with Gasteiger partial charge in [-0.15, -0.1) is 0 Å². The predicted octanol–water partition coefficient (Wildman–Crippen LogP) is 2.67. The number of nitrogens with two attached hydrogens (primary N) is 1. The molecule has 0 atom stereocenters. The van der Waals surface area contributed by atoms with Crippen molar-refractivity contribution in [3.8, 4) is 0 Å². The lowest BCUT2D eigenvalue weighted by molar-refractivity contribution is -0.115. The molecule has 0 aromatic heterocycles. The van der Waals surface area contributed by atoms with Crippen LogP contribution in [-0.4, -0.2) is 11.8 Å². The van der Waals surface area contributed by atoms with Crippen LogP contribution in [0.5, 0.6) is 0 Å². The number of anilines is 3. The molecule has 1 aliphatic rings. The van der Waals surface area contributed by atoms with Gasteiger partial charge in [-0.1, -0.05) is 11.6 Å². The van der Waals surface area contributed by atoms with E-state index in [1.807, 2.05) is 0 Å². The molecular weight excluding hydrogens is 290 g/mol. The predicted molar refractivity (Wildman–Crippen MR) is 82.6 cm³/mol. The topological polar surface area (TPSA) is 84.2 Å². The zero-order chi connectivity index (χ0) is 15.0. The molecule has 0 unspecified atom stereocenters. The molecule has 2 aromatic carbocycles. The molecule has 3 rings (SSSR count). The summed E-state index contributed by atoms with van der Waals surface area (Å²) in [5.41, 5.74) is 8.64. The van der Waals surface area contributed by atoms with Crippen molar-refractivity contribution in [1.82, 2.24) is 0 Å². The van der Waals surface area contributed by atoms with E-state index in [0.29, 0.717) is 27.6 Å². The van der Waals surface area contributed by atoms with Crippen molar-refractivity contribution < 1.29 is 9.59 Å². The molecule has 0 aliphatic carbocycles. The van der Waals surface area contributed by atoms with Gasteiger partial charge < -0.3 is 16.4 Å². The summed E-state index contributed by atoms with van der Waals surface area (Å²) in [6.07, 6.45) is 0.289. The molecule has 1 heterocycles. The number of carbonyl (C=O) groups excluding carboxylic acids is 2. The van der Waals surface area contributed by atoms with E-state index >= 15 is 0 Å². The van der Waals surface area contributed by atoms with E-state index in [1.165, 1.54) is 0 Å². The Bertz CT molecular complexity index is 741. The van der Waals surface area contributed by atoms with Gasteiger partial charge in [-0.05, 0) is 42.0 Å². The third-order valence-electron chi connectivity index (χ3n) is 3.24. The number of halogens is 1. The van der Waals surface area contributed by atoms with Gasteiger partial charge in [0.25, 0.3) is 5.91 Å². The second-order valence-corrected chi connectivity index (χ2v) is 5.20. The molecule has 5 nitrogen and oxygen atoms in total. The maximum Gasteiger partial charge on any atom is 0.255 e. The third kappa shape index (κ3) is 2.68. The molecule has 0 bridgehead atoms. The Hall–Kier alpha value is -2.53. The van der Waals surface area contributed by atoms with Crippen LogP contribution in [0.3, 0.4) is 0 Å². The van der Waals surface area contributed by atoms with Crippen molar-refractivity contribution >= 4 is 40.5 Å². The van der Waals surface area contributed by atoms with E-state index < -0.39 is 0 Å². The van der Waals surface area contributed by atoms with Gasteiger partial charge in [0.1, 0.15) is 0 Å². The van der Waals surface area contributed by atoms with Crippen LogP contribution < -0.4 is 16.4 Å². The van der Waals surface area contributed by atoms with E-state index in [2.05, 4.69) is 10.6 Å². The standard InChI is InChI=1S/C15H12ClN3O2/c16-11-7-12-9(6-14(20)18-12)5-13(11)19-15(21)8-1-3-10(17)4-2-8/h1-5,7H,6,17H2,(H,18,20)(H,19,21). The maximum absolute atomic E-state index is 12.1. The first-order valence-corrected chi connectivity index (χ1v) is 6.70. The first-order chi connectivity index (χ1) is 10.0. The highest BCUT2D eigenvalue weighted by Crippen LogP contribution is 2.33. The van der Waals surface area contributed by atoms with Gasteiger partial charge in [0.2, 0.25) is 5.91 Å². The average molecular weight is 302 g/mol. The van der Waals surface area contributed by atoms with Crippen molar-refractivity contribution in [3.63, 3.8) is 0 Å². The first-order valence-electron chi connectivity index (χ1n) is 6.32. The van der Waals surface area contributed by atoms with Crippen molar-refractivity contribution in [2.45, 2.75) is 6.42 Å². The van der Waals surface area contributed by atoms with Crippen LogP contribution in [-0.2, 0) is 11.2 Å². The van der Waals surface area contributed by atoms with E-state index in [1.54, 1.807) is 36.4 Å². The van der Waals surface area contributed by atoms with Gasteiger partial charge in [0, 0.05) is 16.9 Å². The van der Waals surface area contributed by atoms with Gasteiger partial charge in [-0.25, -0.2) is 0 Å². The zero-order valence-corrected chi connectivity index (χ0v) is 11.7. The molecule has 2 amide bonds. The number of nitrogens with one attached hydrogen (secondary N) is 2. The Morgan fingerprint density at radius 2 is 1.95 bits per heavy atom. The number of benzene rings is 2. The quantitative estimate of drug-likeness (QED) is 0.746. The number of fused-ring (bicyclic) bond motifs is 1. The Kier molecular flexibility index (Phi) is 3.27. The first kappa shape index (κ1) is 13.5. The largest absolute Gasteiger partial charge is 0.399 e. The highest BCUT2D eigenvalue weighted by atomic mass is 35.5. The van der Waals surface area contributed by atoms with Gasteiger partial charge in [0.05, 0.1) is 17.1 Å². The molecule has 2 aromatic rings. The van der Waals surface area contributed by atoms with E-state index in [4.69, 9.17) is 17.3 Å². The van der Waals surface area contributed by atoms with Gasteiger partial charge in [-0.3, -0.25) is 9.59 Å². The lowest BCUT2D eigenvalue weighted by atomic mass is 10.1. The number of hydrogen-bond donors (Lipinski definition) is 3. The van der Waals surface area contributed by atoms with Crippen LogP contribution in [0.25, 0.3) is 0 Å². The van der Waals surface area contributed by atoms with Crippen molar-refractivity contribution in [2.75, 3.05) is 16.4 Å². The summed E-state index contributed by atoms with van der Waals surface area (Å²) in [5, 5.41) is 5.82. The van der Waals surface area contributed by atoms with E-state index in [9.17, 15) is 9.59 Å². The molecule has 1 aliphatic heterocycles. The van der Waals surface area contributed by atoms with E-state index in [-0.39, 0.29) is 18.2 Å². The van der Waals surface area contributed by atoms with Crippen LogP contribution in [0.1, 0.15) is 15.9 Å². The van der Waals surface area contributed by atoms with Crippen LogP contribution in [0.4, 0.5) is 17.1 Å². The summed E-state index contributed by atoms with van der Waals surface area (Å²) >= 11 is 6.13. The summed E-state index contributed by atoms with van der Waals surface area (Å²) in [4.78, 5) is 23.5. The highest BCUT2D eigenvalue weighted by Gasteiger charge is 2.20. The summed E-state index contributed by atoms with van der Waals surface area (Å²) in [6, 6.07) is 9.93. The smallest absolute Gasteiger partial charge is 0.255 e. The fraction of sp³-hybridized carbons (Fsp3) is 0.0667. The second kappa shape index (κ2) is 5.10. The number of rotatable bonds is 2. The minimum Gasteiger partial charge on any atom is -0.399 e. The van der Waals surface area contributed by atoms with Gasteiger partial charge in [0.15, 0.2) is 0 Å². The molecule has 0 spiro atoms. The Labute approximate surface area is 126 Å². The van der Waals surface area contributed by atoms with E-state index in [0.717, 1.165) is 5.56 Å². The molecule has 106 valence electrons. The van der Waals surface area contributed by atoms with Gasteiger partial charge >= 0.3 is 0 Å². The fourth-order valence-corrected chi connectivity index (χ4v) is 2.38. The third-order valence-corrected chi connectivity index (χ3v) is 3.55. The molecule has 4 N–H and O–H groups in total. The maximum atomic E-state index is 12.1. The molecule has 21 heavy (non-hydrogen) atoms. The number of hydrogen-bond acceptors (Lipinski definition) is 3. The monoisotopic (exact) mass is 301 g/mol. The Morgan fingerprint density at radius 3 is 2.67 bits per heavy atom. The lowest BCUT2D eigenvalue weighted by Crippen LogP contribution is -2.12. The van der Waals surface area contributed by atoms with Crippen LogP contribution in [0, 0.1) is 0 Å². The second-order valence-electron chi connectivity index (χ2n) is 4.79. The van der Waals surface area contributed by atoms with Crippen molar-refractivity contribution in [2.24, 2.45) is 0 Å². The highest BCUT2D eigenvalue weighted by molar-refractivity contribution is 6.34. The van der Waals surface area contributed by atoms with Crippen molar-refractivity contribution in [1.29, 1.82) is 0 Å². The normalized spacial score (nSPS) is 12.7. The molecule has 0 saturated carbocycles. The van der Waals surface area contributed by atoms with Crippen LogP contribution >= 0.6 is 11.6 Å². The minimum atomic E-state index is -0.283. The Morgan fingerprint density at radius 1 is 1.24 bits per heavy atom. The molecule has 0 saturated heterocycles. The zero-order valence-electron chi connectivity index (χ0n) is 10.9. The summed E-state index contributed by atoms with van der Waals surface area (Å²) in [5.74, 6) is -0.364. The van der Waals surface area contributed by atoms with Crippen LogP contribution in [0.2, 0.25) is 5.02 Å². The molecular formula is C15H12ClN3O2. The molecule has 0 fully saturated rings. The lowest BCUT2D eigenvalue weighted by Gasteiger charge is -2.09. The average Bonchev–Trinajstić information content (AvgIpc) is 2.79. The number of nitrogen functional groups attached to an aromatic ring is 1. The Balaban J connectivity index is 1.85. The SMILES string of the molecule is Nc1ccc(C(=O)Nc2cc3c(cc2Cl)NC(=O)C3)cc1. The minimum absolute atomic E-state index is 0.0805. The number of amides is 2. The van der Waals surface area contributed by atoms with Crippen LogP contribution in [0.15, 0.2) is 36.4 Å². The molecule has 0 radical (unpaired) electrons. The molecule has 6 heteroatoms. The number of carbonyl (C=O) groups is 2. The summed E-state index contributed by atoms with van der Waals surface area (Å²) < 4.78 is 0. The van der Waals surface area contributed by atoms with Crippen molar-refractivity contribution in [3.05, 3.63) is 52.5 Å². The van der Waals surface area contributed by atoms with Gasteiger partial charge in [-0.2, -0.15) is 0 Å². The fourth-order valence-electron chi connectivity index (χ4n) is 2.17.